The van der Waals surface area contributed by atoms with Crippen molar-refractivity contribution in [1.29, 1.82) is 0 Å². The highest BCUT2D eigenvalue weighted by molar-refractivity contribution is 5.92. The largest absolute Gasteiger partial charge is 0.384 e. The van der Waals surface area contributed by atoms with Crippen LogP contribution in [0.1, 0.15) is 5.69 Å². The molecule has 12 heavy (non-hydrogen) atoms. The molecule has 62 valence electrons. The van der Waals surface area contributed by atoms with Crippen LogP contribution in [0.15, 0.2) is 36.0 Å². The Morgan fingerprint density at radius 2 is 2.50 bits per heavy atom. The minimum absolute atomic E-state index is 0.408. The van der Waals surface area contributed by atoms with Gasteiger partial charge in [-0.05, 0) is 25.1 Å². The van der Waals surface area contributed by atoms with Crippen LogP contribution in [0.5, 0.6) is 0 Å². The molecule has 0 saturated heterocycles. The SMILES string of the molecule is C=CC(N)=Nc1cccnc1C. The molecule has 0 fully saturated rings. The summed E-state index contributed by atoms with van der Waals surface area (Å²) in [6, 6.07) is 3.68. The van der Waals surface area contributed by atoms with Crippen LogP contribution < -0.4 is 5.73 Å². The van der Waals surface area contributed by atoms with Crippen molar-refractivity contribution < 1.29 is 0 Å². The van der Waals surface area contributed by atoms with Gasteiger partial charge in [-0.1, -0.05) is 6.58 Å². The Balaban J connectivity index is 3.04. The number of aromatic nitrogens is 1. The fourth-order valence-electron chi connectivity index (χ4n) is 0.779. The highest BCUT2D eigenvalue weighted by Crippen LogP contribution is 2.13. The minimum atomic E-state index is 0.408. The van der Waals surface area contributed by atoms with Gasteiger partial charge in [-0.2, -0.15) is 0 Å². The van der Waals surface area contributed by atoms with Gasteiger partial charge in [0.05, 0.1) is 11.4 Å². The van der Waals surface area contributed by atoms with Crippen LogP contribution >= 0.6 is 0 Å². The quantitative estimate of drug-likeness (QED) is 0.528. The molecular weight excluding hydrogens is 150 g/mol. The molecule has 3 nitrogen and oxygen atoms in total. The Morgan fingerprint density at radius 1 is 1.75 bits per heavy atom. The molecule has 0 aliphatic heterocycles. The molecule has 0 amide bonds. The molecule has 0 aromatic carbocycles. The van der Waals surface area contributed by atoms with Crippen molar-refractivity contribution in [3.8, 4) is 0 Å². The lowest BCUT2D eigenvalue weighted by atomic mass is 10.3. The molecule has 1 heterocycles. The van der Waals surface area contributed by atoms with Crippen LogP contribution in [0.4, 0.5) is 5.69 Å². The first kappa shape index (κ1) is 8.46. The Hall–Kier alpha value is -1.64. The van der Waals surface area contributed by atoms with Crippen LogP contribution in [-0.4, -0.2) is 10.8 Å². The van der Waals surface area contributed by atoms with E-state index < -0.39 is 0 Å². The number of rotatable bonds is 2. The van der Waals surface area contributed by atoms with Gasteiger partial charge in [0.1, 0.15) is 5.84 Å². The molecule has 0 atom stereocenters. The zero-order valence-electron chi connectivity index (χ0n) is 6.99. The molecule has 0 saturated carbocycles. The summed E-state index contributed by atoms with van der Waals surface area (Å²) in [5, 5.41) is 0. The summed E-state index contributed by atoms with van der Waals surface area (Å²) in [6.45, 7) is 5.39. The molecule has 0 radical (unpaired) electrons. The average molecular weight is 161 g/mol. The van der Waals surface area contributed by atoms with E-state index in [1.54, 1.807) is 6.20 Å². The third-order valence-corrected chi connectivity index (χ3v) is 1.44. The lowest BCUT2D eigenvalue weighted by Crippen LogP contribution is -2.06. The van der Waals surface area contributed by atoms with Crippen LogP contribution in [0.2, 0.25) is 0 Å². The van der Waals surface area contributed by atoms with Crippen LogP contribution in [0.25, 0.3) is 0 Å². The highest BCUT2D eigenvalue weighted by Gasteiger charge is 1.94. The lowest BCUT2D eigenvalue weighted by Gasteiger charge is -1.97. The van der Waals surface area contributed by atoms with E-state index in [1.807, 2.05) is 19.1 Å². The second-order valence-electron chi connectivity index (χ2n) is 2.35. The van der Waals surface area contributed by atoms with E-state index >= 15 is 0 Å². The highest BCUT2D eigenvalue weighted by atomic mass is 14.9. The van der Waals surface area contributed by atoms with Crippen molar-refractivity contribution in [3.05, 3.63) is 36.7 Å². The Bertz CT molecular complexity index is 315. The molecule has 0 aliphatic rings. The second kappa shape index (κ2) is 3.67. The summed E-state index contributed by atoms with van der Waals surface area (Å²) in [5.74, 6) is 0.408. The van der Waals surface area contributed by atoms with E-state index in [4.69, 9.17) is 5.73 Å². The minimum Gasteiger partial charge on any atom is -0.384 e. The molecule has 2 N–H and O–H groups in total. The van der Waals surface area contributed by atoms with Crippen molar-refractivity contribution in [1.82, 2.24) is 4.98 Å². The lowest BCUT2D eigenvalue weighted by molar-refractivity contribution is 1.18. The molecule has 0 spiro atoms. The predicted molar refractivity (Wildman–Crippen MR) is 50.5 cm³/mol. The zero-order chi connectivity index (χ0) is 8.97. The summed E-state index contributed by atoms with van der Waals surface area (Å²) >= 11 is 0. The summed E-state index contributed by atoms with van der Waals surface area (Å²) in [4.78, 5) is 8.16. The molecule has 0 bridgehead atoms. The standard InChI is InChI=1S/C9H11N3/c1-3-9(10)12-8-5-4-6-11-7(8)2/h3-6H,1H2,2H3,(H2,10,12). The molecule has 1 rings (SSSR count). The van der Waals surface area contributed by atoms with Gasteiger partial charge in [-0.3, -0.25) is 4.98 Å². The fraction of sp³-hybridized carbons (Fsp3) is 0.111. The van der Waals surface area contributed by atoms with Crippen molar-refractivity contribution >= 4 is 11.5 Å². The van der Waals surface area contributed by atoms with Gasteiger partial charge in [-0.15, -0.1) is 0 Å². The molecule has 3 heteroatoms. The number of hydrogen-bond donors (Lipinski definition) is 1. The number of aryl methyl sites for hydroxylation is 1. The Labute approximate surface area is 71.7 Å². The van der Waals surface area contributed by atoms with Gasteiger partial charge >= 0.3 is 0 Å². The summed E-state index contributed by atoms with van der Waals surface area (Å²) in [7, 11) is 0. The average Bonchev–Trinajstić information content (AvgIpc) is 2.09. The maximum absolute atomic E-state index is 5.48. The molecule has 1 aromatic heterocycles. The van der Waals surface area contributed by atoms with Gasteiger partial charge in [-0.25, -0.2) is 4.99 Å². The number of amidine groups is 1. The molecule has 0 unspecified atom stereocenters. The Morgan fingerprint density at radius 3 is 3.08 bits per heavy atom. The molecule has 1 aromatic rings. The van der Waals surface area contributed by atoms with E-state index in [0.717, 1.165) is 11.4 Å². The van der Waals surface area contributed by atoms with E-state index in [-0.39, 0.29) is 0 Å². The van der Waals surface area contributed by atoms with Crippen molar-refractivity contribution in [2.45, 2.75) is 6.92 Å². The fourth-order valence-corrected chi connectivity index (χ4v) is 0.779. The second-order valence-corrected chi connectivity index (χ2v) is 2.35. The summed E-state index contributed by atoms with van der Waals surface area (Å²) in [5.41, 5.74) is 7.13. The maximum Gasteiger partial charge on any atom is 0.123 e. The molecular formula is C9H11N3. The van der Waals surface area contributed by atoms with Gasteiger partial charge in [0, 0.05) is 6.20 Å². The third kappa shape index (κ3) is 1.92. The first-order valence-electron chi connectivity index (χ1n) is 3.62. The monoisotopic (exact) mass is 161 g/mol. The van der Waals surface area contributed by atoms with Crippen molar-refractivity contribution in [2.75, 3.05) is 0 Å². The topological polar surface area (TPSA) is 51.3 Å². The number of nitrogens with two attached hydrogens (primary N) is 1. The van der Waals surface area contributed by atoms with Gasteiger partial charge in [0.2, 0.25) is 0 Å². The van der Waals surface area contributed by atoms with E-state index in [9.17, 15) is 0 Å². The van der Waals surface area contributed by atoms with E-state index in [1.165, 1.54) is 6.08 Å². The van der Waals surface area contributed by atoms with Gasteiger partial charge in [0.15, 0.2) is 0 Å². The normalized spacial score (nSPS) is 11.2. The van der Waals surface area contributed by atoms with E-state index in [2.05, 4.69) is 16.6 Å². The third-order valence-electron chi connectivity index (χ3n) is 1.44. The smallest absolute Gasteiger partial charge is 0.123 e. The van der Waals surface area contributed by atoms with Crippen molar-refractivity contribution in [2.24, 2.45) is 10.7 Å². The molecule has 0 aliphatic carbocycles. The Kier molecular flexibility index (Phi) is 2.58. The first-order valence-corrected chi connectivity index (χ1v) is 3.62. The summed E-state index contributed by atoms with van der Waals surface area (Å²) in [6.07, 6.45) is 3.23. The van der Waals surface area contributed by atoms with Crippen LogP contribution in [0, 0.1) is 6.92 Å². The number of aliphatic imine (C=N–C) groups is 1. The van der Waals surface area contributed by atoms with Crippen LogP contribution in [0.3, 0.4) is 0 Å². The van der Waals surface area contributed by atoms with Crippen molar-refractivity contribution in [3.63, 3.8) is 0 Å². The van der Waals surface area contributed by atoms with E-state index in [0.29, 0.717) is 5.84 Å². The van der Waals surface area contributed by atoms with Gasteiger partial charge in [0.25, 0.3) is 0 Å². The first-order chi connectivity index (χ1) is 5.74. The number of nitrogens with zero attached hydrogens (tertiary/aromatic N) is 2. The summed E-state index contributed by atoms with van der Waals surface area (Å²) < 4.78 is 0. The van der Waals surface area contributed by atoms with Crippen LogP contribution in [-0.2, 0) is 0 Å². The zero-order valence-corrected chi connectivity index (χ0v) is 6.99. The maximum atomic E-state index is 5.48. The number of hydrogen-bond acceptors (Lipinski definition) is 2. The van der Waals surface area contributed by atoms with Gasteiger partial charge < -0.3 is 5.73 Å². The number of pyridine rings is 1. The predicted octanol–water partition coefficient (Wildman–Crippen LogP) is 1.56.